The molecule has 0 radical (unpaired) electrons. The van der Waals surface area contributed by atoms with Crippen molar-refractivity contribution < 1.29 is 8.91 Å². The molecule has 1 aliphatic rings. The topological polar surface area (TPSA) is 80.8 Å². The van der Waals surface area contributed by atoms with Crippen molar-refractivity contribution >= 4 is 16.7 Å². The van der Waals surface area contributed by atoms with Gasteiger partial charge in [0.05, 0.1) is 11.4 Å². The summed E-state index contributed by atoms with van der Waals surface area (Å²) in [5.41, 5.74) is 2.37. The van der Waals surface area contributed by atoms with Gasteiger partial charge in [0.25, 0.3) is 0 Å². The minimum Gasteiger partial charge on any atom is -0.355 e. The third-order valence-corrected chi connectivity index (χ3v) is 6.10. The van der Waals surface area contributed by atoms with E-state index in [4.69, 9.17) is 14.5 Å². The first-order valence-corrected chi connectivity index (χ1v) is 11.3. The lowest BCUT2D eigenvalue weighted by Crippen LogP contribution is -2.35. The van der Waals surface area contributed by atoms with E-state index in [0.29, 0.717) is 29.6 Å². The van der Waals surface area contributed by atoms with E-state index in [1.165, 1.54) is 12.1 Å². The van der Waals surface area contributed by atoms with E-state index in [-0.39, 0.29) is 11.7 Å². The number of para-hydroxylation sites is 1. The molecule has 1 saturated heterocycles. The van der Waals surface area contributed by atoms with Crippen LogP contribution in [0.3, 0.4) is 0 Å². The van der Waals surface area contributed by atoms with Gasteiger partial charge in [-0.2, -0.15) is 4.98 Å². The van der Waals surface area contributed by atoms with Crippen LogP contribution in [0.5, 0.6) is 0 Å². The standard InChI is InChI=1S/C26H21FN6O/c27-20-9-3-6-17(14-20)24-31-26(34-32-24)19-8-5-13-33(16-19)25-21-10-1-2-11-22(21)29-23(30-25)18-7-4-12-28-15-18/h1-4,6-7,9-12,14-15,19H,5,8,13,16H2. The monoisotopic (exact) mass is 452 g/mol. The molecule has 5 aromatic rings. The van der Waals surface area contributed by atoms with Crippen molar-refractivity contribution in [1.29, 1.82) is 0 Å². The summed E-state index contributed by atoms with van der Waals surface area (Å²) in [4.78, 5) is 20.8. The lowest BCUT2D eigenvalue weighted by Gasteiger charge is -2.32. The zero-order valence-corrected chi connectivity index (χ0v) is 18.3. The molecule has 1 unspecified atom stereocenters. The Kier molecular flexibility index (Phi) is 5.18. The van der Waals surface area contributed by atoms with Gasteiger partial charge in [-0.05, 0) is 49.2 Å². The molecule has 0 spiro atoms. The summed E-state index contributed by atoms with van der Waals surface area (Å²) in [6.07, 6.45) is 5.41. The highest BCUT2D eigenvalue weighted by molar-refractivity contribution is 5.91. The molecule has 8 heteroatoms. The SMILES string of the molecule is Fc1cccc(-c2noc(C3CCCN(c4nc(-c5cccnc5)nc5ccccc45)C3)n2)c1. The number of hydrogen-bond donors (Lipinski definition) is 0. The Bertz CT molecular complexity index is 1450. The van der Waals surface area contributed by atoms with Gasteiger partial charge in [0.15, 0.2) is 5.82 Å². The van der Waals surface area contributed by atoms with Crippen LogP contribution in [0.25, 0.3) is 33.7 Å². The summed E-state index contributed by atoms with van der Waals surface area (Å²) in [5.74, 6) is 2.23. The number of rotatable bonds is 4. The Morgan fingerprint density at radius 3 is 2.71 bits per heavy atom. The van der Waals surface area contributed by atoms with Gasteiger partial charge in [0, 0.05) is 42.0 Å². The fraction of sp³-hybridized carbons (Fsp3) is 0.192. The first kappa shape index (κ1) is 20.4. The number of aromatic nitrogens is 5. The zero-order valence-electron chi connectivity index (χ0n) is 18.3. The Labute approximate surface area is 195 Å². The van der Waals surface area contributed by atoms with Crippen molar-refractivity contribution in [2.24, 2.45) is 0 Å². The summed E-state index contributed by atoms with van der Waals surface area (Å²) < 4.78 is 19.2. The second-order valence-electron chi connectivity index (χ2n) is 8.38. The van der Waals surface area contributed by atoms with Gasteiger partial charge in [-0.25, -0.2) is 14.4 Å². The molecule has 0 bridgehead atoms. The van der Waals surface area contributed by atoms with Crippen LogP contribution >= 0.6 is 0 Å². The first-order valence-electron chi connectivity index (χ1n) is 11.3. The number of nitrogens with zero attached hydrogens (tertiary/aromatic N) is 6. The summed E-state index contributed by atoms with van der Waals surface area (Å²) in [7, 11) is 0. The molecule has 4 heterocycles. The van der Waals surface area contributed by atoms with Crippen LogP contribution < -0.4 is 4.90 Å². The lowest BCUT2D eigenvalue weighted by atomic mass is 9.97. The van der Waals surface area contributed by atoms with Gasteiger partial charge < -0.3 is 9.42 Å². The molecular formula is C26H21FN6O. The van der Waals surface area contributed by atoms with Gasteiger partial charge in [0.1, 0.15) is 11.6 Å². The van der Waals surface area contributed by atoms with Gasteiger partial charge in [-0.3, -0.25) is 4.98 Å². The summed E-state index contributed by atoms with van der Waals surface area (Å²) in [6, 6.07) is 18.1. The van der Waals surface area contributed by atoms with Crippen LogP contribution in [0.4, 0.5) is 10.2 Å². The van der Waals surface area contributed by atoms with Crippen LogP contribution in [-0.2, 0) is 0 Å². The molecule has 168 valence electrons. The molecule has 0 amide bonds. The van der Waals surface area contributed by atoms with Crippen LogP contribution in [-0.4, -0.2) is 38.2 Å². The quantitative estimate of drug-likeness (QED) is 0.368. The number of pyridine rings is 1. The van der Waals surface area contributed by atoms with E-state index in [1.54, 1.807) is 24.5 Å². The molecule has 6 rings (SSSR count). The van der Waals surface area contributed by atoms with Gasteiger partial charge in [-0.15, -0.1) is 0 Å². The van der Waals surface area contributed by atoms with E-state index in [2.05, 4.69) is 26.1 Å². The smallest absolute Gasteiger partial charge is 0.231 e. The van der Waals surface area contributed by atoms with Crippen molar-refractivity contribution in [3.63, 3.8) is 0 Å². The fourth-order valence-corrected chi connectivity index (χ4v) is 4.44. The highest BCUT2D eigenvalue weighted by atomic mass is 19.1. The minimum absolute atomic E-state index is 0.0547. The summed E-state index contributed by atoms with van der Waals surface area (Å²) in [5, 5.41) is 5.10. The molecule has 0 saturated carbocycles. The number of benzene rings is 2. The number of hydrogen-bond acceptors (Lipinski definition) is 7. The van der Waals surface area contributed by atoms with Crippen molar-refractivity contribution in [2.75, 3.05) is 18.0 Å². The molecule has 7 nitrogen and oxygen atoms in total. The van der Waals surface area contributed by atoms with Crippen LogP contribution in [0.15, 0.2) is 77.6 Å². The largest absolute Gasteiger partial charge is 0.355 e. The summed E-state index contributed by atoms with van der Waals surface area (Å²) >= 11 is 0. The third-order valence-electron chi connectivity index (χ3n) is 6.10. The second kappa shape index (κ2) is 8.62. The predicted molar refractivity (Wildman–Crippen MR) is 127 cm³/mol. The van der Waals surface area contributed by atoms with Crippen LogP contribution in [0.2, 0.25) is 0 Å². The highest BCUT2D eigenvalue weighted by Crippen LogP contribution is 2.33. The lowest BCUT2D eigenvalue weighted by molar-refractivity contribution is 0.333. The van der Waals surface area contributed by atoms with E-state index in [1.807, 2.05) is 30.3 Å². The minimum atomic E-state index is -0.326. The Hall–Kier alpha value is -4.20. The zero-order chi connectivity index (χ0) is 22.9. The van der Waals surface area contributed by atoms with Crippen LogP contribution in [0.1, 0.15) is 24.7 Å². The molecule has 34 heavy (non-hydrogen) atoms. The Balaban J connectivity index is 1.34. The Morgan fingerprint density at radius 1 is 0.912 bits per heavy atom. The third kappa shape index (κ3) is 3.87. The fourth-order valence-electron chi connectivity index (χ4n) is 4.44. The number of anilines is 1. The molecule has 1 fully saturated rings. The molecule has 0 aliphatic carbocycles. The maximum Gasteiger partial charge on any atom is 0.231 e. The van der Waals surface area contributed by atoms with Gasteiger partial charge in [0.2, 0.25) is 11.7 Å². The van der Waals surface area contributed by atoms with E-state index in [9.17, 15) is 4.39 Å². The van der Waals surface area contributed by atoms with E-state index in [0.717, 1.165) is 41.7 Å². The summed E-state index contributed by atoms with van der Waals surface area (Å²) in [6.45, 7) is 1.56. The second-order valence-corrected chi connectivity index (χ2v) is 8.38. The highest BCUT2D eigenvalue weighted by Gasteiger charge is 2.28. The Morgan fingerprint density at radius 2 is 1.82 bits per heavy atom. The predicted octanol–water partition coefficient (Wildman–Crippen LogP) is 5.26. The maximum atomic E-state index is 13.6. The molecule has 3 aromatic heterocycles. The molecular weight excluding hydrogens is 431 g/mol. The van der Waals surface area contributed by atoms with Crippen molar-refractivity contribution in [3.05, 3.63) is 84.8 Å². The molecule has 1 atom stereocenters. The normalized spacial score (nSPS) is 16.1. The van der Waals surface area contributed by atoms with E-state index < -0.39 is 0 Å². The molecule has 0 N–H and O–H groups in total. The number of halogens is 1. The average molecular weight is 452 g/mol. The number of fused-ring (bicyclic) bond motifs is 1. The van der Waals surface area contributed by atoms with Crippen LogP contribution in [0, 0.1) is 5.82 Å². The van der Waals surface area contributed by atoms with Gasteiger partial charge in [-0.1, -0.05) is 29.4 Å². The maximum absolute atomic E-state index is 13.6. The van der Waals surface area contributed by atoms with Crippen molar-refractivity contribution in [3.8, 4) is 22.8 Å². The first-order chi connectivity index (χ1) is 16.7. The van der Waals surface area contributed by atoms with Crippen molar-refractivity contribution in [1.82, 2.24) is 25.1 Å². The van der Waals surface area contributed by atoms with Crippen molar-refractivity contribution in [2.45, 2.75) is 18.8 Å². The van der Waals surface area contributed by atoms with E-state index >= 15 is 0 Å². The average Bonchev–Trinajstić information content (AvgIpc) is 3.39. The molecule has 1 aliphatic heterocycles. The molecule has 2 aromatic carbocycles. The van der Waals surface area contributed by atoms with Gasteiger partial charge >= 0.3 is 0 Å². The number of piperidine rings is 1.